The molecule has 0 fully saturated rings. The molecule has 84 valence electrons. The van der Waals surface area contributed by atoms with Crippen LogP contribution >= 0.6 is 0 Å². The number of hydrogen-bond donors (Lipinski definition) is 1. The van der Waals surface area contributed by atoms with Gasteiger partial charge >= 0.3 is 6.18 Å². The van der Waals surface area contributed by atoms with Crippen LogP contribution < -0.4 is 5.32 Å². The minimum absolute atomic E-state index is 0.265. The number of nitrogens with zero attached hydrogens (tertiary/aromatic N) is 1. The van der Waals surface area contributed by atoms with E-state index < -0.39 is 17.5 Å². The maximum atomic E-state index is 12.7. The molecule has 1 unspecified atom stereocenters. The van der Waals surface area contributed by atoms with Gasteiger partial charge in [0, 0.05) is 0 Å². The predicted octanol–water partition coefficient (Wildman–Crippen LogP) is 2.22. The topological polar surface area (TPSA) is 24.9 Å². The normalized spacial score (nSPS) is 16.1. The van der Waals surface area contributed by atoms with Crippen LogP contribution in [0.1, 0.15) is 12.6 Å². The van der Waals surface area contributed by atoms with Crippen molar-refractivity contribution >= 4 is 0 Å². The highest BCUT2D eigenvalue weighted by Crippen LogP contribution is 2.37. The Kier molecular flexibility index (Phi) is 2.99. The van der Waals surface area contributed by atoms with Gasteiger partial charge in [0.15, 0.2) is 5.54 Å². The molecule has 0 aromatic carbocycles. The Hall–Kier alpha value is -1.17. The zero-order chi connectivity index (χ0) is 11.7. The Bertz CT molecular complexity index is 333. The van der Waals surface area contributed by atoms with Crippen molar-refractivity contribution in [2.45, 2.75) is 18.6 Å². The van der Waals surface area contributed by atoms with Crippen LogP contribution in [0.4, 0.5) is 17.6 Å². The van der Waals surface area contributed by atoms with Crippen molar-refractivity contribution < 1.29 is 17.6 Å². The molecule has 0 aliphatic carbocycles. The minimum atomic E-state index is -4.49. The lowest BCUT2D eigenvalue weighted by molar-refractivity contribution is -0.194. The minimum Gasteiger partial charge on any atom is -0.302 e. The summed E-state index contributed by atoms with van der Waals surface area (Å²) in [7, 11) is 1.18. The van der Waals surface area contributed by atoms with Crippen LogP contribution in [-0.2, 0) is 5.54 Å². The first-order valence-electron chi connectivity index (χ1n) is 4.19. The van der Waals surface area contributed by atoms with Crippen LogP contribution in [0, 0.1) is 5.82 Å². The van der Waals surface area contributed by atoms with Crippen LogP contribution in [0.2, 0.25) is 0 Å². The quantitative estimate of drug-likeness (QED) is 0.776. The first kappa shape index (κ1) is 11.9. The number of halogens is 4. The second kappa shape index (κ2) is 3.77. The highest BCUT2D eigenvalue weighted by atomic mass is 19.4. The molecule has 15 heavy (non-hydrogen) atoms. The number of nitrogens with one attached hydrogen (secondary N) is 1. The molecule has 0 radical (unpaired) electrons. The first-order chi connectivity index (χ1) is 6.81. The summed E-state index contributed by atoms with van der Waals surface area (Å²) in [4.78, 5) is 3.43. The fourth-order valence-electron chi connectivity index (χ4n) is 1.09. The Morgan fingerprint density at radius 1 is 1.27 bits per heavy atom. The lowest BCUT2D eigenvalue weighted by atomic mass is 9.96. The zero-order valence-corrected chi connectivity index (χ0v) is 8.19. The van der Waals surface area contributed by atoms with Crippen molar-refractivity contribution in [1.29, 1.82) is 0 Å². The van der Waals surface area contributed by atoms with Crippen LogP contribution in [0.3, 0.4) is 0 Å². The fraction of sp³-hybridized carbons (Fsp3) is 0.444. The predicted molar refractivity (Wildman–Crippen MR) is 46.7 cm³/mol. The summed E-state index contributed by atoms with van der Waals surface area (Å²) in [6.07, 6.45) is -3.73. The number of aromatic nitrogens is 1. The molecule has 0 bridgehead atoms. The first-order valence-corrected chi connectivity index (χ1v) is 4.19. The van der Waals surface area contributed by atoms with E-state index in [9.17, 15) is 17.6 Å². The van der Waals surface area contributed by atoms with Crippen LogP contribution in [0.25, 0.3) is 0 Å². The van der Waals surface area contributed by atoms with Crippen molar-refractivity contribution in [2.24, 2.45) is 0 Å². The summed E-state index contributed by atoms with van der Waals surface area (Å²) < 4.78 is 50.6. The largest absolute Gasteiger partial charge is 0.412 e. The maximum Gasteiger partial charge on any atom is 0.412 e. The van der Waals surface area contributed by atoms with E-state index in [1.807, 2.05) is 0 Å². The van der Waals surface area contributed by atoms with E-state index >= 15 is 0 Å². The number of hydrogen-bond acceptors (Lipinski definition) is 2. The maximum absolute atomic E-state index is 12.7. The Labute approximate surface area is 84.3 Å². The third-order valence-corrected chi connectivity index (χ3v) is 2.31. The van der Waals surface area contributed by atoms with Gasteiger partial charge in [-0.05, 0) is 26.1 Å². The summed E-state index contributed by atoms with van der Waals surface area (Å²) in [5.74, 6) is -0.667. The second-order valence-corrected chi connectivity index (χ2v) is 3.23. The molecule has 1 atom stereocenters. The van der Waals surface area contributed by atoms with E-state index in [1.165, 1.54) is 7.05 Å². The van der Waals surface area contributed by atoms with Crippen LogP contribution in [0.5, 0.6) is 0 Å². The molecule has 1 aromatic heterocycles. The molecule has 1 aromatic rings. The van der Waals surface area contributed by atoms with E-state index in [-0.39, 0.29) is 5.69 Å². The van der Waals surface area contributed by atoms with Gasteiger partial charge in [0.25, 0.3) is 0 Å². The van der Waals surface area contributed by atoms with Gasteiger partial charge in [-0.15, -0.1) is 0 Å². The lowest BCUT2D eigenvalue weighted by Gasteiger charge is -2.30. The average Bonchev–Trinajstić information content (AvgIpc) is 2.16. The second-order valence-electron chi connectivity index (χ2n) is 3.23. The monoisotopic (exact) mass is 222 g/mol. The molecule has 0 amide bonds. The third kappa shape index (κ3) is 2.09. The van der Waals surface area contributed by atoms with Crippen LogP contribution in [0.15, 0.2) is 18.3 Å². The summed E-state index contributed by atoms with van der Waals surface area (Å²) in [5.41, 5.74) is -2.53. The summed E-state index contributed by atoms with van der Waals surface area (Å²) in [6, 6.07) is 1.96. The van der Waals surface area contributed by atoms with Gasteiger partial charge in [0.1, 0.15) is 5.82 Å². The van der Waals surface area contributed by atoms with Crippen molar-refractivity contribution in [3.63, 3.8) is 0 Å². The molecular formula is C9H10F4N2. The van der Waals surface area contributed by atoms with E-state index in [4.69, 9.17) is 0 Å². The highest BCUT2D eigenvalue weighted by Gasteiger charge is 2.52. The van der Waals surface area contributed by atoms with Gasteiger partial charge in [-0.2, -0.15) is 13.2 Å². The van der Waals surface area contributed by atoms with Gasteiger partial charge in [-0.1, -0.05) is 0 Å². The SMILES string of the molecule is CNC(C)(c1ccc(F)cn1)C(F)(F)F. The smallest absolute Gasteiger partial charge is 0.302 e. The molecule has 0 aliphatic heterocycles. The molecule has 1 heterocycles. The van der Waals surface area contributed by atoms with Gasteiger partial charge in [0.05, 0.1) is 11.9 Å². The Morgan fingerprint density at radius 2 is 1.87 bits per heavy atom. The average molecular weight is 222 g/mol. The van der Waals surface area contributed by atoms with Gasteiger partial charge < -0.3 is 5.32 Å². The van der Waals surface area contributed by atoms with Crippen molar-refractivity contribution in [2.75, 3.05) is 7.05 Å². The molecule has 1 N–H and O–H groups in total. The molecular weight excluding hydrogens is 212 g/mol. The van der Waals surface area contributed by atoms with E-state index in [0.717, 1.165) is 25.3 Å². The van der Waals surface area contributed by atoms with Gasteiger partial charge in [-0.3, -0.25) is 4.98 Å². The highest BCUT2D eigenvalue weighted by molar-refractivity contribution is 5.17. The van der Waals surface area contributed by atoms with Crippen molar-refractivity contribution in [3.05, 3.63) is 29.8 Å². The van der Waals surface area contributed by atoms with Crippen molar-refractivity contribution in [3.8, 4) is 0 Å². The van der Waals surface area contributed by atoms with Crippen LogP contribution in [-0.4, -0.2) is 18.2 Å². The molecule has 2 nitrogen and oxygen atoms in total. The van der Waals surface area contributed by atoms with Gasteiger partial charge in [-0.25, -0.2) is 4.39 Å². The number of alkyl halides is 3. The van der Waals surface area contributed by atoms with Gasteiger partial charge in [0.2, 0.25) is 0 Å². The van der Waals surface area contributed by atoms with E-state index in [1.54, 1.807) is 0 Å². The summed E-state index contributed by atoms with van der Waals surface area (Å²) in [6.45, 7) is 0.952. The molecule has 0 saturated carbocycles. The third-order valence-electron chi connectivity index (χ3n) is 2.31. The van der Waals surface area contributed by atoms with E-state index in [0.29, 0.717) is 0 Å². The number of rotatable bonds is 2. The summed E-state index contributed by atoms with van der Waals surface area (Å²) >= 11 is 0. The molecule has 0 spiro atoms. The molecule has 0 aliphatic rings. The molecule has 6 heteroatoms. The standard InChI is InChI=1S/C9H10F4N2/c1-8(14-2,9(11,12)13)7-4-3-6(10)5-15-7/h3-5,14H,1-2H3. The van der Waals surface area contributed by atoms with E-state index in [2.05, 4.69) is 10.3 Å². The lowest BCUT2D eigenvalue weighted by Crippen LogP contribution is -2.50. The summed E-state index contributed by atoms with van der Waals surface area (Å²) in [5, 5.41) is 2.14. The Morgan fingerprint density at radius 3 is 2.20 bits per heavy atom. The number of pyridine rings is 1. The molecule has 1 rings (SSSR count). The van der Waals surface area contributed by atoms with Crippen molar-refractivity contribution in [1.82, 2.24) is 10.3 Å². The Balaban J connectivity index is 3.18. The molecule has 0 saturated heterocycles. The fourth-order valence-corrected chi connectivity index (χ4v) is 1.09. The zero-order valence-electron chi connectivity index (χ0n) is 8.19.